The maximum absolute atomic E-state index is 12.5. The molecule has 1 aliphatic rings. The Bertz CT molecular complexity index is 769. The molecule has 2 aromatic rings. The number of rotatable bonds is 3. The summed E-state index contributed by atoms with van der Waals surface area (Å²) in [4.78, 5) is 14.5. The van der Waals surface area contributed by atoms with E-state index in [2.05, 4.69) is 18.2 Å². The molecule has 1 amide bonds. The molecule has 0 saturated heterocycles. The number of ether oxygens (including phenoxy) is 1. The van der Waals surface area contributed by atoms with Crippen LogP contribution in [0.15, 0.2) is 42.5 Å². The third-order valence-electron chi connectivity index (χ3n) is 4.64. The molecule has 1 aliphatic heterocycles. The van der Waals surface area contributed by atoms with E-state index in [1.807, 2.05) is 43.0 Å². The van der Waals surface area contributed by atoms with Crippen LogP contribution >= 0.6 is 0 Å². The first-order valence-corrected chi connectivity index (χ1v) is 8.27. The molecule has 1 heterocycles. The number of aryl methyl sites for hydroxylation is 2. The fourth-order valence-corrected chi connectivity index (χ4v) is 3.26. The van der Waals surface area contributed by atoms with E-state index >= 15 is 0 Å². The molecule has 124 valence electrons. The minimum absolute atomic E-state index is 0.0686. The van der Waals surface area contributed by atoms with Gasteiger partial charge in [0, 0.05) is 19.2 Å². The van der Waals surface area contributed by atoms with Crippen molar-refractivity contribution in [3.8, 4) is 5.75 Å². The fraction of sp³-hybridized carbons (Fsp3) is 0.286. The molecule has 0 unspecified atom stereocenters. The van der Waals surface area contributed by atoms with Gasteiger partial charge in [0.15, 0.2) is 0 Å². The van der Waals surface area contributed by atoms with Gasteiger partial charge < -0.3 is 9.64 Å². The highest BCUT2D eigenvalue weighted by molar-refractivity contribution is 5.92. The van der Waals surface area contributed by atoms with Gasteiger partial charge in [-0.25, -0.2) is 0 Å². The summed E-state index contributed by atoms with van der Waals surface area (Å²) in [5.41, 5.74) is 5.91. The highest BCUT2D eigenvalue weighted by Crippen LogP contribution is 2.23. The minimum atomic E-state index is 0.0686. The van der Waals surface area contributed by atoms with Crippen molar-refractivity contribution in [3.63, 3.8) is 0 Å². The second-order valence-electron chi connectivity index (χ2n) is 6.29. The van der Waals surface area contributed by atoms with Crippen molar-refractivity contribution < 1.29 is 9.53 Å². The van der Waals surface area contributed by atoms with Gasteiger partial charge >= 0.3 is 0 Å². The number of hydrogen-bond donors (Lipinski definition) is 0. The summed E-state index contributed by atoms with van der Waals surface area (Å²) in [5, 5.41) is 0. The number of methoxy groups -OCH3 is 1. The Kier molecular flexibility index (Phi) is 4.70. The number of carbonyl (C=O) groups is 1. The van der Waals surface area contributed by atoms with Crippen molar-refractivity contribution in [2.75, 3.05) is 13.7 Å². The van der Waals surface area contributed by atoms with Crippen LogP contribution in [0.5, 0.6) is 5.75 Å². The van der Waals surface area contributed by atoms with Gasteiger partial charge in [-0.2, -0.15) is 0 Å². The van der Waals surface area contributed by atoms with Gasteiger partial charge in [0.25, 0.3) is 0 Å². The lowest BCUT2D eigenvalue weighted by Crippen LogP contribution is -2.34. The zero-order chi connectivity index (χ0) is 17.1. The average Bonchev–Trinajstić information content (AvgIpc) is 2.60. The SMILES string of the molecule is COc1cc(C)c(/C=C/C(=O)N2CCc3ccccc3C2)c(C)c1. The predicted octanol–water partition coefficient (Wildman–Crippen LogP) is 3.91. The van der Waals surface area contributed by atoms with E-state index in [4.69, 9.17) is 4.74 Å². The summed E-state index contributed by atoms with van der Waals surface area (Å²) in [6.07, 6.45) is 4.54. The molecule has 0 radical (unpaired) electrons. The molecule has 0 bridgehead atoms. The molecule has 0 aromatic heterocycles. The summed E-state index contributed by atoms with van der Waals surface area (Å²) in [6, 6.07) is 12.3. The molecule has 0 atom stereocenters. The first kappa shape index (κ1) is 16.3. The quantitative estimate of drug-likeness (QED) is 0.802. The fourth-order valence-electron chi connectivity index (χ4n) is 3.26. The van der Waals surface area contributed by atoms with Crippen LogP contribution in [0.2, 0.25) is 0 Å². The van der Waals surface area contributed by atoms with Gasteiger partial charge in [-0.05, 0) is 66.3 Å². The van der Waals surface area contributed by atoms with Crippen LogP contribution in [0.4, 0.5) is 0 Å². The lowest BCUT2D eigenvalue weighted by molar-refractivity contribution is -0.126. The molecule has 0 aliphatic carbocycles. The minimum Gasteiger partial charge on any atom is -0.497 e. The van der Waals surface area contributed by atoms with Crippen molar-refractivity contribution in [3.05, 3.63) is 70.3 Å². The largest absolute Gasteiger partial charge is 0.497 e. The van der Waals surface area contributed by atoms with Gasteiger partial charge in [-0.1, -0.05) is 24.3 Å². The second kappa shape index (κ2) is 6.91. The summed E-state index contributed by atoms with van der Waals surface area (Å²) < 4.78 is 5.29. The van der Waals surface area contributed by atoms with E-state index in [1.54, 1.807) is 13.2 Å². The Morgan fingerprint density at radius 2 is 1.79 bits per heavy atom. The van der Waals surface area contributed by atoms with Crippen molar-refractivity contribution in [2.24, 2.45) is 0 Å². The van der Waals surface area contributed by atoms with Crippen LogP contribution < -0.4 is 4.74 Å². The van der Waals surface area contributed by atoms with E-state index in [9.17, 15) is 4.79 Å². The van der Waals surface area contributed by atoms with Crippen LogP contribution in [-0.2, 0) is 17.8 Å². The summed E-state index contributed by atoms with van der Waals surface area (Å²) >= 11 is 0. The van der Waals surface area contributed by atoms with E-state index in [-0.39, 0.29) is 5.91 Å². The summed E-state index contributed by atoms with van der Waals surface area (Å²) in [5.74, 6) is 0.917. The number of fused-ring (bicyclic) bond motifs is 1. The van der Waals surface area contributed by atoms with Crippen molar-refractivity contribution >= 4 is 12.0 Å². The number of benzene rings is 2. The Morgan fingerprint density at radius 3 is 2.46 bits per heavy atom. The number of nitrogens with zero attached hydrogens (tertiary/aromatic N) is 1. The molecule has 3 rings (SSSR count). The van der Waals surface area contributed by atoms with Gasteiger partial charge in [0.2, 0.25) is 5.91 Å². The summed E-state index contributed by atoms with van der Waals surface area (Å²) in [6.45, 7) is 5.55. The Morgan fingerprint density at radius 1 is 1.12 bits per heavy atom. The molecule has 0 N–H and O–H groups in total. The van der Waals surface area contributed by atoms with Crippen molar-refractivity contribution in [1.29, 1.82) is 0 Å². The van der Waals surface area contributed by atoms with Gasteiger partial charge in [-0.15, -0.1) is 0 Å². The Hall–Kier alpha value is -2.55. The van der Waals surface area contributed by atoms with E-state index in [0.717, 1.165) is 35.4 Å². The number of carbonyl (C=O) groups excluding carboxylic acids is 1. The van der Waals surface area contributed by atoms with Crippen molar-refractivity contribution in [1.82, 2.24) is 4.90 Å². The zero-order valence-electron chi connectivity index (χ0n) is 14.5. The molecular formula is C21H23NO2. The summed E-state index contributed by atoms with van der Waals surface area (Å²) in [7, 11) is 1.67. The predicted molar refractivity (Wildman–Crippen MR) is 97.1 cm³/mol. The van der Waals surface area contributed by atoms with E-state index in [0.29, 0.717) is 6.54 Å². The van der Waals surface area contributed by atoms with Crippen LogP contribution in [0.1, 0.15) is 27.8 Å². The zero-order valence-corrected chi connectivity index (χ0v) is 14.5. The molecular weight excluding hydrogens is 298 g/mol. The molecule has 0 spiro atoms. The lowest BCUT2D eigenvalue weighted by atomic mass is 9.99. The second-order valence-corrected chi connectivity index (χ2v) is 6.29. The topological polar surface area (TPSA) is 29.5 Å². The van der Waals surface area contributed by atoms with Gasteiger partial charge in [0.1, 0.15) is 5.75 Å². The highest BCUT2D eigenvalue weighted by atomic mass is 16.5. The van der Waals surface area contributed by atoms with Crippen LogP contribution in [0, 0.1) is 13.8 Å². The van der Waals surface area contributed by atoms with Crippen LogP contribution in [0.25, 0.3) is 6.08 Å². The Labute approximate surface area is 143 Å². The normalized spacial score (nSPS) is 13.9. The standard InChI is InChI=1S/C21H23NO2/c1-15-12-19(24-3)13-16(2)20(15)8-9-21(23)22-11-10-17-6-4-5-7-18(17)14-22/h4-9,12-13H,10-11,14H2,1-3H3/b9-8+. The Balaban J connectivity index is 1.75. The molecule has 3 nitrogen and oxygen atoms in total. The lowest BCUT2D eigenvalue weighted by Gasteiger charge is -2.28. The number of hydrogen-bond acceptors (Lipinski definition) is 2. The highest BCUT2D eigenvalue weighted by Gasteiger charge is 2.18. The van der Waals surface area contributed by atoms with Gasteiger partial charge in [0.05, 0.1) is 7.11 Å². The molecule has 0 saturated carbocycles. The monoisotopic (exact) mass is 321 g/mol. The van der Waals surface area contributed by atoms with Crippen LogP contribution in [0.3, 0.4) is 0 Å². The van der Waals surface area contributed by atoms with Crippen LogP contribution in [-0.4, -0.2) is 24.5 Å². The molecule has 2 aromatic carbocycles. The number of amides is 1. The average molecular weight is 321 g/mol. The van der Waals surface area contributed by atoms with E-state index < -0.39 is 0 Å². The smallest absolute Gasteiger partial charge is 0.246 e. The molecule has 24 heavy (non-hydrogen) atoms. The molecule has 3 heteroatoms. The third-order valence-corrected chi connectivity index (χ3v) is 4.64. The first-order chi connectivity index (χ1) is 11.6. The van der Waals surface area contributed by atoms with Crippen molar-refractivity contribution in [2.45, 2.75) is 26.8 Å². The van der Waals surface area contributed by atoms with Gasteiger partial charge in [-0.3, -0.25) is 4.79 Å². The first-order valence-electron chi connectivity index (χ1n) is 8.27. The third kappa shape index (κ3) is 3.35. The van der Waals surface area contributed by atoms with E-state index in [1.165, 1.54) is 11.1 Å². The molecule has 0 fully saturated rings. The maximum Gasteiger partial charge on any atom is 0.246 e. The maximum atomic E-state index is 12.5.